The highest BCUT2D eigenvalue weighted by molar-refractivity contribution is 5.15. The van der Waals surface area contributed by atoms with Crippen LogP contribution < -0.4 is 5.32 Å². The molecule has 1 fully saturated rings. The molecule has 4 nitrogen and oxygen atoms in total. The molecule has 0 spiro atoms. The maximum Gasteiger partial charge on any atom is 0.0537 e. The Morgan fingerprint density at radius 1 is 1.39 bits per heavy atom. The van der Waals surface area contributed by atoms with Gasteiger partial charge in [0, 0.05) is 30.9 Å². The second-order valence-electron chi connectivity index (χ2n) is 5.38. The van der Waals surface area contributed by atoms with E-state index < -0.39 is 0 Å². The summed E-state index contributed by atoms with van der Waals surface area (Å²) >= 11 is 0. The fourth-order valence-electron chi connectivity index (χ4n) is 2.65. The summed E-state index contributed by atoms with van der Waals surface area (Å²) in [5.74, 6) is 0. The van der Waals surface area contributed by atoms with E-state index >= 15 is 0 Å². The highest BCUT2D eigenvalue weighted by Crippen LogP contribution is 2.12. The van der Waals surface area contributed by atoms with Crippen molar-refractivity contribution in [3.8, 4) is 0 Å². The smallest absolute Gasteiger partial charge is 0.0537 e. The molecule has 0 aromatic carbocycles. The molecule has 0 radical (unpaired) electrons. The summed E-state index contributed by atoms with van der Waals surface area (Å²) in [7, 11) is 2.00. The number of nitrogens with one attached hydrogen (secondary N) is 1. The molecule has 1 saturated heterocycles. The van der Waals surface area contributed by atoms with Gasteiger partial charge in [-0.2, -0.15) is 5.10 Å². The third kappa shape index (κ3) is 3.33. The standard InChI is InChI=1S/C14H26N4/c1-4-7-18-8-5-14(6-9-18)15-10-13-11-16-17(3)12(13)2/h11,14-15H,4-10H2,1-3H3. The number of rotatable bonds is 5. The minimum atomic E-state index is 0.678. The first kappa shape index (κ1) is 13.6. The Morgan fingerprint density at radius 2 is 2.11 bits per heavy atom. The molecule has 102 valence electrons. The van der Waals surface area contributed by atoms with Crippen LogP contribution >= 0.6 is 0 Å². The van der Waals surface area contributed by atoms with Gasteiger partial charge >= 0.3 is 0 Å². The van der Waals surface area contributed by atoms with Gasteiger partial charge in [0.15, 0.2) is 0 Å². The van der Waals surface area contributed by atoms with Crippen molar-refractivity contribution >= 4 is 0 Å². The molecule has 0 bridgehead atoms. The summed E-state index contributed by atoms with van der Waals surface area (Å²) in [4.78, 5) is 2.58. The molecule has 18 heavy (non-hydrogen) atoms. The number of nitrogens with zero attached hydrogens (tertiary/aromatic N) is 3. The zero-order valence-corrected chi connectivity index (χ0v) is 11.9. The van der Waals surface area contributed by atoms with Crippen molar-refractivity contribution in [3.63, 3.8) is 0 Å². The van der Waals surface area contributed by atoms with E-state index in [1.54, 1.807) is 0 Å². The van der Waals surface area contributed by atoms with Gasteiger partial charge in [-0.15, -0.1) is 0 Å². The topological polar surface area (TPSA) is 33.1 Å². The van der Waals surface area contributed by atoms with Gasteiger partial charge in [-0.25, -0.2) is 0 Å². The Labute approximate surface area is 110 Å². The highest BCUT2D eigenvalue weighted by atomic mass is 15.3. The molecule has 0 unspecified atom stereocenters. The van der Waals surface area contributed by atoms with Crippen LogP contribution in [0.4, 0.5) is 0 Å². The summed E-state index contributed by atoms with van der Waals surface area (Å²) < 4.78 is 1.95. The second-order valence-corrected chi connectivity index (χ2v) is 5.38. The van der Waals surface area contributed by atoms with Crippen molar-refractivity contribution in [1.29, 1.82) is 0 Å². The van der Waals surface area contributed by atoms with E-state index in [1.807, 2.05) is 17.9 Å². The summed E-state index contributed by atoms with van der Waals surface area (Å²) in [6.45, 7) is 9.10. The lowest BCUT2D eigenvalue weighted by atomic mass is 10.0. The van der Waals surface area contributed by atoms with E-state index in [2.05, 4.69) is 29.2 Å². The van der Waals surface area contributed by atoms with E-state index in [1.165, 1.54) is 50.2 Å². The van der Waals surface area contributed by atoms with E-state index in [0.717, 1.165) is 6.54 Å². The van der Waals surface area contributed by atoms with Crippen LogP contribution in [0, 0.1) is 6.92 Å². The molecule has 0 saturated carbocycles. The Kier molecular flexibility index (Phi) is 4.78. The van der Waals surface area contributed by atoms with Crippen LogP contribution in [0.1, 0.15) is 37.4 Å². The molecule has 2 heterocycles. The Balaban J connectivity index is 1.74. The number of hydrogen-bond acceptors (Lipinski definition) is 3. The van der Waals surface area contributed by atoms with E-state index in [9.17, 15) is 0 Å². The molecule has 4 heteroatoms. The van der Waals surface area contributed by atoms with Crippen molar-refractivity contribution in [3.05, 3.63) is 17.5 Å². The quantitative estimate of drug-likeness (QED) is 0.863. The van der Waals surface area contributed by atoms with Gasteiger partial charge in [0.2, 0.25) is 0 Å². The lowest BCUT2D eigenvalue weighted by Gasteiger charge is -2.32. The Hall–Kier alpha value is -0.870. The van der Waals surface area contributed by atoms with Crippen molar-refractivity contribution < 1.29 is 0 Å². The van der Waals surface area contributed by atoms with Crippen LogP contribution in [0.25, 0.3) is 0 Å². The average molecular weight is 250 g/mol. The van der Waals surface area contributed by atoms with E-state index in [4.69, 9.17) is 0 Å². The maximum atomic E-state index is 4.28. The van der Waals surface area contributed by atoms with E-state index in [0.29, 0.717) is 6.04 Å². The molecular formula is C14H26N4. The Morgan fingerprint density at radius 3 is 2.67 bits per heavy atom. The molecule has 2 rings (SSSR count). The molecule has 1 aliphatic rings. The van der Waals surface area contributed by atoms with Crippen molar-refractivity contribution in [1.82, 2.24) is 20.0 Å². The van der Waals surface area contributed by atoms with Gasteiger partial charge in [0.05, 0.1) is 6.20 Å². The molecule has 1 N–H and O–H groups in total. The van der Waals surface area contributed by atoms with Crippen LogP contribution in [-0.2, 0) is 13.6 Å². The zero-order valence-electron chi connectivity index (χ0n) is 11.9. The largest absolute Gasteiger partial charge is 0.310 e. The number of aryl methyl sites for hydroxylation is 1. The first-order valence-corrected chi connectivity index (χ1v) is 7.14. The summed E-state index contributed by atoms with van der Waals surface area (Å²) in [6, 6.07) is 0.678. The SMILES string of the molecule is CCCN1CCC(NCc2cnn(C)c2C)CC1. The third-order valence-corrected chi connectivity index (χ3v) is 4.05. The van der Waals surface area contributed by atoms with Gasteiger partial charge in [-0.1, -0.05) is 6.92 Å². The van der Waals surface area contributed by atoms with Crippen LogP contribution in [0.3, 0.4) is 0 Å². The van der Waals surface area contributed by atoms with Crippen LogP contribution in [-0.4, -0.2) is 40.4 Å². The second kappa shape index (κ2) is 6.34. The fourth-order valence-corrected chi connectivity index (χ4v) is 2.65. The molecule has 1 aromatic heterocycles. The molecular weight excluding hydrogens is 224 g/mol. The minimum Gasteiger partial charge on any atom is -0.310 e. The Bertz CT molecular complexity index is 364. The zero-order chi connectivity index (χ0) is 13.0. The molecule has 1 aliphatic heterocycles. The normalized spacial score (nSPS) is 18.4. The predicted octanol–water partition coefficient (Wildman–Crippen LogP) is 1.69. The fraction of sp³-hybridized carbons (Fsp3) is 0.786. The lowest BCUT2D eigenvalue weighted by molar-refractivity contribution is 0.197. The first-order valence-electron chi connectivity index (χ1n) is 7.14. The van der Waals surface area contributed by atoms with E-state index in [-0.39, 0.29) is 0 Å². The summed E-state index contributed by atoms with van der Waals surface area (Å²) in [6.07, 6.45) is 5.81. The molecule has 0 atom stereocenters. The van der Waals surface area contributed by atoms with Gasteiger partial charge in [-0.05, 0) is 45.8 Å². The van der Waals surface area contributed by atoms with Crippen molar-refractivity contribution in [2.75, 3.05) is 19.6 Å². The minimum absolute atomic E-state index is 0.678. The molecule has 1 aromatic rings. The van der Waals surface area contributed by atoms with Gasteiger partial charge < -0.3 is 10.2 Å². The van der Waals surface area contributed by atoms with Gasteiger partial charge in [0.25, 0.3) is 0 Å². The van der Waals surface area contributed by atoms with Crippen LogP contribution in [0.5, 0.6) is 0 Å². The van der Waals surface area contributed by atoms with Crippen LogP contribution in [0.2, 0.25) is 0 Å². The van der Waals surface area contributed by atoms with Crippen LogP contribution in [0.15, 0.2) is 6.20 Å². The summed E-state index contributed by atoms with van der Waals surface area (Å²) in [5.41, 5.74) is 2.60. The third-order valence-electron chi connectivity index (χ3n) is 4.05. The van der Waals surface area contributed by atoms with Gasteiger partial charge in [-0.3, -0.25) is 4.68 Å². The number of hydrogen-bond donors (Lipinski definition) is 1. The first-order chi connectivity index (χ1) is 8.70. The van der Waals surface area contributed by atoms with Gasteiger partial charge in [0.1, 0.15) is 0 Å². The predicted molar refractivity (Wildman–Crippen MR) is 74.5 cm³/mol. The maximum absolute atomic E-state index is 4.28. The number of likely N-dealkylation sites (tertiary alicyclic amines) is 1. The average Bonchev–Trinajstić information content (AvgIpc) is 2.70. The molecule has 0 amide bonds. The number of piperidine rings is 1. The van der Waals surface area contributed by atoms with Crippen molar-refractivity contribution in [2.24, 2.45) is 7.05 Å². The van der Waals surface area contributed by atoms with Crippen molar-refractivity contribution in [2.45, 2.75) is 45.7 Å². The summed E-state index contributed by atoms with van der Waals surface area (Å²) in [5, 5.41) is 7.96. The number of aromatic nitrogens is 2. The molecule has 0 aliphatic carbocycles. The highest BCUT2D eigenvalue weighted by Gasteiger charge is 2.18. The monoisotopic (exact) mass is 250 g/mol. The lowest BCUT2D eigenvalue weighted by Crippen LogP contribution is -2.42.